The zero-order valence-electron chi connectivity index (χ0n) is 10.3. The molecule has 88 valence electrons. The fourth-order valence-corrected chi connectivity index (χ4v) is 4.80. The van der Waals surface area contributed by atoms with E-state index in [2.05, 4.69) is 29.6 Å². The molecule has 0 amide bonds. The second-order valence-corrected chi connectivity index (χ2v) is 6.09. The lowest BCUT2D eigenvalue weighted by Gasteiger charge is -2.54. The molecule has 0 spiro atoms. The van der Waals surface area contributed by atoms with Crippen LogP contribution in [0, 0.1) is 17.4 Å². The zero-order chi connectivity index (χ0) is 11.3. The van der Waals surface area contributed by atoms with Crippen molar-refractivity contribution in [2.45, 2.75) is 44.6 Å². The average Bonchev–Trinajstić information content (AvgIpc) is 2.39. The molecule has 1 nitrogen and oxygen atoms in total. The smallest absolute Gasteiger partial charge is 0.121 e. The molecule has 2 bridgehead atoms. The highest BCUT2D eigenvalue weighted by Crippen LogP contribution is 2.58. The van der Waals surface area contributed by atoms with Crippen LogP contribution < -0.4 is 5.32 Å². The van der Waals surface area contributed by atoms with E-state index in [1.807, 2.05) is 0 Å². The van der Waals surface area contributed by atoms with E-state index in [0.717, 1.165) is 12.0 Å². The third-order valence-electron chi connectivity index (χ3n) is 5.46. The predicted molar refractivity (Wildman–Crippen MR) is 69.4 cm³/mol. The Kier molecular flexibility index (Phi) is 2.09. The van der Waals surface area contributed by atoms with Crippen molar-refractivity contribution in [3.63, 3.8) is 0 Å². The van der Waals surface area contributed by atoms with Crippen LogP contribution in [0.5, 0.6) is 0 Å². The molecular formula is C16H20N+. The minimum Gasteiger partial charge on any atom is -0.313 e. The Bertz CT molecular complexity index is 425. The highest BCUT2D eigenvalue weighted by molar-refractivity contribution is 5.47. The molecule has 4 aliphatic rings. The number of piperidine rings is 1. The van der Waals surface area contributed by atoms with Crippen LogP contribution >= 0.6 is 0 Å². The number of allylic oxidation sites excluding steroid dienone is 5. The summed E-state index contributed by atoms with van der Waals surface area (Å²) in [7, 11) is 0. The molecule has 3 aliphatic carbocycles. The number of fused-ring (bicyclic) bond motifs is 1. The van der Waals surface area contributed by atoms with Gasteiger partial charge in [0.15, 0.2) is 0 Å². The summed E-state index contributed by atoms with van der Waals surface area (Å²) in [5.41, 5.74) is 3.67. The van der Waals surface area contributed by atoms with Crippen LogP contribution in [0.1, 0.15) is 38.5 Å². The van der Waals surface area contributed by atoms with Gasteiger partial charge in [0.05, 0.1) is 11.6 Å². The van der Waals surface area contributed by atoms with Crippen LogP contribution in [0.2, 0.25) is 0 Å². The lowest BCUT2D eigenvalue weighted by molar-refractivity contribution is 0.0429. The standard InChI is InChI=1S/C16H20N/c1-2-6-13-12(5-1)11-15-14-7-3-4-8-16(13,14)9-10-17-15/h1-2,6,14-15,17H,3-4,7-11H2/q+1/t14-,15+,16-/m0/s1. The van der Waals surface area contributed by atoms with E-state index in [1.54, 1.807) is 5.57 Å². The maximum atomic E-state index is 3.77. The predicted octanol–water partition coefficient (Wildman–Crippen LogP) is 3.15. The molecule has 2 saturated carbocycles. The topological polar surface area (TPSA) is 12.0 Å². The van der Waals surface area contributed by atoms with Crippen molar-refractivity contribution in [1.29, 1.82) is 0 Å². The van der Waals surface area contributed by atoms with Gasteiger partial charge < -0.3 is 5.32 Å². The van der Waals surface area contributed by atoms with Gasteiger partial charge >= 0.3 is 0 Å². The van der Waals surface area contributed by atoms with E-state index < -0.39 is 0 Å². The van der Waals surface area contributed by atoms with Gasteiger partial charge in [0.25, 0.3) is 0 Å². The Morgan fingerprint density at radius 2 is 2.29 bits per heavy atom. The Morgan fingerprint density at radius 1 is 1.29 bits per heavy atom. The minimum absolute atomic E-state index is 0.513. The molecular weight excluding hydrogens is 206 g/mol. The van der Waals surface area contributed by atoms with E-state index in [4.69, 9.17) is 0 Å². The van der Waals surface area contributed by atoms with Crippen molar-refractivity contribution in [2.24, 2.45) is 11.3 Å². The van der Waals surface area contributed by atoms with Crippen molar-refractivity contribution in [2.75, 3.05) is 6.54 Å². The van der Waals surface area contributed by atoms with Crippen molar-refractivity contribution in [1.82, 2.24) is 5.32 Å². The van der Waals surface area contributed by atoms with E-state index in [0.29, 0.717) is 5.41 Å². The van der Waals surface area contributed by atoms with Crippen molar-refractivity contribution in [3.8, 4) is 0 Å². The van der Waals surface area contributed by atoms with Crippen molar-refractivity contribution in [3.05, 3.63) is 35.5 Å². The summed E-state index contributed by atoms with van der Waals surface area (Å²) in [6.45, 7) is 1.22. The first-order chi connectivity index (χ1) is 8.40. The first kappa shape index (κ1) is 10.1. The van der Waals surface area contributed by atoms with Gasteiger partial charge in [-0.05, 0) is 31.7 Å². The molecule has 1 heteroatoms. The second-order valence-electron chi connectivity index (χ2n) is 6.09. The number of rotatable bonds is 0. The van der Waals surface area contributed by atoms with Crippen LogP contribution in [0.25, 0.3) is 0 Å². The Hall–Kier alpha value is -0.910. The Balaban J connectivity index is 1.86. The van der Waals surface area contributed by atoms with Gasteiger partial charge in [-0.25, -0.2) is 0 Å². The summed E-state index contributed by atoms with van der Waals surface area (Å²) in [4.78, 5) is 0. The minimum atomic E-state index is 0.513. The second kappa shape index (κ2) is 3.54. The van der Waals surface area contributed by atoms with E-state index in [9.17, 15) is 0 Å². The normalized spacial score (nSPS) is 42.8. The summed E-state index contributed by atoms with van der Waals surface area (Å²) in [5, 5.41) is 3.77. The molecule has 4 rings (SSSR count). The van der Waals surface area contributed by atoms with Gasteiger partial charge in [0.1, 0.15) is 11.6 Å². The van der Waals surface area contributed by atoms with Gasteiger partial charge in [-0.3, -0.25) is 0 Å². The maximum absolute atomic E-state index is 3.77. The van der Waals surface area contributed by atoms with Gasteiger partial charge in [-0.2, -0.15) is 0 Å². The Morgan fingerprint density at radius 3 is 3.29 bits per heavy atom. The van der Waals surface area contributed by atoms with E-state index in [-0.39, 0.29) is 0 Å². The molecule has 0 aromatic heterocycles. The first-order valence-electron chi connectivity index (χ1n) is 7.14. The van der Waals surface area contributed by atoms with Gasteiger partial charge in [-0.1, -0.05) is 12.8 Å². The fraction of sp³-hybridized carbons (Fsp3) is 0.625. The van der Waals surface area contributed by atoms with E-state index in [1.165, 1.54) is 50.6 Å². The molecule has 3 atom stereocenters. The van der Waals surface area contributed by atoms with Crippen LogP contribution in [0.15, 0.2) is 29.4 Å². The molecule has 0 radical (unpaired) electrons. The molecule has 1 aliphatic heterocycles. The van der Waals surface area contributed by atoms with Crippen LogP contribution in [0.3, 0.4) is 0 Å². The molecule has 17 heavy (non-hydrogen) atoms. The fourth-order valence-electron chi connectivity index (χ4n) is 4.80. The average molecular weight is 226 g/mol. The molecule has 0 aromatic rings. The first-order valence-corrected chi connectivity index (χ1v) is 7.14. The zero-order valence-corrected chi connectivity index (χ0v) is 10.3. The van der Waals surface area contributed by atoms with Gasteiger partial charge in [0.2, 0.25) is 0 Å². The summed E-state index contributed by atoms with van der Waals surface area (Å²) < 4.78 is 0. The van der Waals surface area contributed by atoms with Gasteiger partial charge in [0, 0.05) is 30.0 Å². The van der Waals surface area contributed by atoms with Crippen molar-refractivity contribution < 1.29 is 0 Å². The summed E-state index contributed by atoms with van der Waals surface area (Å²) >= 11 is 0. The monoisotopic (exact) mass is 226 g/mol. The van der Waals surface area contributed by atoms with Gasteiger partial charge in [-0.15, -0.1) is 0 Å². The van der Waals surface area contributed by atoms with Crippen molar-refractivity contribution >= 4 is 0 Å². The highest BCUT2D eigenvalue weighted by Gasteiger charge is 2.56. The summed E-state index contributed by atoms with van der Waals surface area (Å²) in [5.74, 6) is 0.897. The summed E-state index contributed by atoms with van der Waals surface area (Å²) in [6.07, 6.45) is 18.5. The third kappa shape index (κ3) is 1.27. The SMILES string of the molecule is [C+]1=C2C[C@H]3NCC[C@@]4(CCCC[C@@H]34)C2=CC=C1. The largest absolute Gasteiger partial charge is 0.313 e. The van der Waals surface area contributed by atoms with E-state index >= 15 is 0 Å². The lowest BCUT2D eigenvalue weighted by Crippen LogP contribution is -2.57. The van der Waals surface area contributed by atoms with Crippen LogP contribution in [-0.2, 0) is 0 Å². The third-order valence-corrected chi connectivity index (χ3v) is 5.46. The summed E-state index contributed by atoms with van der Waals surface area (Å²) in [6, 6.07) is 0.732. The molecule has 0 aromatic carbocycles. The molecule has 1 heterocycles. The van der Waals surface area contributed by atoms with Crippen LogP contribution in [-0.4, -0.2) is 12.6 Å². The maximum Gasteiger partial charge on any atom is 0.121 e. The highest BCUT2D eigenvalue weighted by atomic mass is 15.0. The molecule has 0 unspecified atom stereocenters. The molecule has 3 fully saturated rings. The number of hydrogen-bond donors (Lipinski definition) is 1. The number of hydrogen-bond acceptors (Lipinski definition) is 1. The molecule has 1 N–H and O–H groups in total. The quantitative estimate of drug-likeness (QED) is 0.626. The lowest BCUT2D eigenvalue weighted by atomic mass is 9.51. The molecule has 1 saturated heterocycles. The Labute approximate surface area is 104 Å². The number of nitrogens with one attached hydrogen (secondary N) is 1. The van der Waals surface area contributed by atoms with Crippen LogP contribution in [0.4, 0.5) is 0 Å².